The van der Waals surface area contributed by atoms with Gasteiger partial charge in [-0.1, -0.05) is 30.3 Å². The van der Waals surface area contributed by atoms with Crippen LogP contribution in [0.15, 0.2) is 66.7 Å². The van der Waals surface area contributed by atoms with E-state index < -0.39 is 0 Å². The maximum Gasteiger partial charge on any atom is 0.272 e. The summed E-state index contributed by atoms with van der Waals surface area (Å²) in [5.74, 6) is 0.168. The van der Waals surface area contributed by atoms with E-state index in [1.807, 2.05) is 24.3 Å². The Bertz CT molecular complexity index is 939. The van der Waals surface area contributed by atoms with Crippen molar-refractivity contribution in [2.24, 2.45) is 0 Å². The van der Waals surface area contributed by atoms with Crippen molar-refractivity contribution >= 4 is 17.4 Å². The normalized spacial score (nSPS) is 14.0. The molecule has 1 aromatic heterocycles. The summed E-state index contributed by atoms with van der Waals surface area (Å²) in [6.45, 7) is 3.82. The van der Waals surface area contributed by atoms with Gasteiger partial charge >= 0.3 is 0 Å². The zero-order chi connectivity index (χ0) is 20.1. The van der Waals surface area contributed by atoms with Crippen molar-refractivity contribution in [1.82, 2.24) is 15.5 Å². The molecule has 4 rings (SSSR count). The van der Waals surface area contributed by atoms with Gasteiger partial charge in [-0.15, -0.1) is 10.2 Å². The first-order valence-electron chi connectivity index (χ1n) is 9.60. The summed E-state index contributed by atoms with van der Waals surface area (Å²) in [7, 11) is 0. The van der Waals surface area contributed by atoms with Gasteiger partial charge < -0.3 is 15.1 Å². The van der Waals surface area contributed by atoms with Gasteiger partial charge in [0.25, 0.3) is 5.91 Å². The lowest BCUT2D eigenvalue weighted by molar-refractivity contribution is 0.0945. The summed E-state index contributed by atoms with van der Waals surface area (Å²) < 4.78 is 12.9. The second-order valence-electron chi connectivity index (χ2n) is 6.90. The summed E-state index contributed by atoms with van der Waals surface area (Å²) in [6, 6.07) is 19.9. The highest BCUT2D eigenvalue weighted by atomic mass is 19.1. The molecule has 148 valence electrons. The lowest BCUT2D eigenvalue weighted by Crippen LogP contribution is -2.46. The molecule has 1 N–H and O–H groups in total. The van der Waals surface area contributed by atoms with E-state index in [0.717, 1.165) is 37.6 Å². The van der Waals surface area contributed by atoms with Crippen molar-refractivity contribution in [2.45, 2.75) is 6.54 Å². The van der Waals surface area contributed by atoms with Crippen LogP contribution in [0.5, 0.6) is 0 Å². The van der Waals surface area contributed by atoms with E-state index in [1.54, 1.807) is 18.2 Å². The zero-order valence-corrected chi connectivity index (χ0v) is 16.0. The Balaban J connectivity index is 1.31. The molecule has 3 aromatic rings. The fourth-order valence-corrected chi connectivity index (χ4v) is 3.32. The Morgan fingerprint density at radius 3 is 2.21 bits per heavy atom. The van der Waals surface area contributed by atoms with Gasteiger partial charge in [0.05, 0.1) is 0 Å². The molecule has 0 radical (unpaired) electrons. The lowest BCUT2D eigenvalue weighted by atomic mass is 10.2. The second-order valence-corrected chi connectivity index (χ2v) is 6.90. The van der Waals surface area contributed by atoms with E-state index in [1.165, 1.54) is 17.8 Å². The number of amides is 1. The highest BCUT2D eigenvalue weighted by molar-refractivity contribution is 5.92. The molecule has 0 atom stereocenters. The summed E-state index contributed by atoms with van der Waals surface area (Å²) >= 11 is 0. The summed E-state index contributed by atoms with van der Waals surface area (Å²) in [5, 5.41) is 11.1. The van der Waals surface area contributed by atoms with Crippen LogP contribution in [0, 0.1) is 5.82 Å². The summed E-state index contributed by atoms with van der Waals surface area (Å²) in [4.78, 5) is 16.8. The molecule has 0 spiro atoms. The molecule has 0 aliphatic carbocycles. The third-order valence-electron chi connectivity index (χ3n) is 4.97. The average Bonchev–Trinajstić information content (AvgIpc) is 2.79. The van der Waals surface area contributed by atoms with E-state index in [-0.39, 0.29) is 17.4 Å². The number of hydrogen-bond donors (Lipinski definition) is 1. The van der Waals surface area contributed by atoms with Crippen LogP contribution in [0.25, 0.3) is 0 Å². The maximum absolute atomic E-state index is 12.9. The van der Waals surface area contributed by atoms with Crippen molar-refractivity contribution in [2.75, 3.05) is 36.0 Å². The minimum atomic E-state index is -0.303. The van der Waals surface area contributed by atoms with Gasteiger partial charge in [0.15, 0.2) is 11.5 Å². The van der Waals surface area contributed by atoms with Gasteiger partial charge in [0.1, 0.15) is 5.82 Å². The van der Waals surface area contributed by atoms with Crippen molar-refractivity contribution < 1.29 is 9.18 Å². The van der Waals surface area contributed by atoms with Crippen LogP contribution in [0.4, 0.5) is 15.9 Å². The predicted molar refractivity (Wildman–Crippen MR) is 110 cm³/mol. The zero-order valence-electron chi connectivity index (χ0n) is 16.0. The van der Waals surface area contributed by atoms with E-state index in [0.29, 0.717) is 6.54 Å². The highest BCUT2D eigenvalue weighted by Gasteiger charge is 2.19. The van der Waals surface area contributed by atoms with Crippen LogP contribution >= 0.6 is 0 Å². The Morgan fingerprint density at radius 2 is 1.55 bits per heavy atom. The number of rotatable bonds is 5. The molecule has 0 bridgehead atoms. The van der Waals surface area contributed by atoms with Crippen molar-refractivity contribution in [3.8, 4) is 0 Å². The van der Waals surface area contributed by atoms with E-state index in [9.17, 15) is 9.18 Å². The Hall–Kier alpha value is -3.48. The fraction of sp³-hybridized carbons (Fsp3) is 0.227. The number of benzene rings is 2. The molecule has 0 saturated carbocycles. The van der Waals surface area contributed by atoms with Crippen molar-refractivity contribution in [3.05, 3.63) is 83.8 Å². The monoisotopic (exact) mass is 391 g/mol. The number of carbonyl (C=O) groups is 1. The molecule has 2 aromatic carbocycles. The number of aromatic nitrogens is 2. The molecule has 1 amide bonds. The maximum atomic E-state index is 12.9. The van der Waals surface area contributed by atoms with Crippen LogP contribution in [0.1, 0.15) is 16.1 Å². The van der Waals surface area contributed by atoms with Gasteiger partial charge in [-0.25, -0.2) is 4.39 Å². The molecule has 0 unspecified atom stereocenters. The lowest BCUT2D eigenvalue weighted by Gasteiger charge is -2.36. The number of nitrogens with zero attached hydrogens (tertiary/aromatic N) is 4. The van der Waals surface area contributed by atoms with Crippen molar-refractivity contribution in [3.63, 3.8) is 0 Å². The van der Waals surface area contributed by atoms with E-state index in [2.05, 4.69) is 37.4 Å². The van der Waals surface area contributed by atoms with Crippen LogP contribution < -0.4 is 15.1 Å². The first-order valence-corrected chi connectivity index (χ1v) is 9.60. The third-order valence-corrected chi connectivity index (χ3v) is 4.97. The SMILES string of the molecule is O=C(NCc1ccc(F)cc1)c1ccc(N2CCN(c3ccccc3)CC2)nn1. The number of carbonyl (C=O) groups excluding carboxylic acids is 1. The Kier molecular flexibility index (Phi) is 5.65. The number of hydrogen-bond acceptors (Lipinski definition) is 5. The third kappa shape index (κ3) is 4.68. The number of anilines is 2. The second kappa shape index (κ2) is 8.68. The molecular formula is C22H22FN5O. The number of para-hydroxylation sites is 1. The minimum absolute atomic E-state index is 0.263. The topological polar surface area (TPSA) is 61.4 Å². The number of nitrogens with one attached hydrogen (secondary N) is 1. The smallest absolute Gasteiger partial charge is 0.272 e. The Morgan fingerprint density at radius 1 is 0.862 bits per heavy atom. The molecule has 2 heterocycles. The first-order chi connectivity index (χ1) is 14.2. The molecule has 29 heavy (non-hydrogen) atoms. The molecule has 1 aliphatic heterocycles. The highest BCUT2D eigenvalue weighted by Crippen LogP contribution is 2.18. The van der Waals surface area contributed by atoms with Crippen LogP contribution in [0.2, 0.25) is 0 Å². The first kappa shape index (κ1) is 18.9. The van der Waals surface area contributed by atoms with E-state index >= 15 is 0 Å². The Labute approximate surface area is 169 Å². The van der Waals surface area contributed by atoms with Crippen LogP contribution in [0.3, 0.4) is 0 Å². The van der Waals surface area contributed by atoms with Crippen LogP contribution in [-0.4, -0.2) is 42.3 Å². The largest absolute Gasteiger partial charge is 0.368 e. The number of halogens is 1. The van der Waals surface area contributed by atoms with Gasteiger partial charge in [-0.05, 0) is 42.0 Å². The number of piperazine rings is 1. The quantitative estimate of drug-likeness (QED) is 0.725. The predicted octanol–water partition coefficient (Wildman–Crippen LogP) is 2.87. The van der Waals surface area contributed by atoms with Crippen molar-refractivity contribution in [1.29, 1.82) is 0 Å². The molecule has 1 aliphatic rings. The average molecular weight is 391 g/mol. The minimum Gasteiger partial charge on any atom is -0.368 e. The molecule has 6 nitrogen and oxygen atoms in total. The summed E-state index contributed by atoms with van der Waals surface area (Å²) in [5.41, 5.74) is 2.31. The van der Waals surface area contributed by atoms with Crippen LogP contribution in [-0.2, 0) is 6.54 Å². The van der Waals surface area contributed by atoms with Gasteiger partial charge in [-0.3, -0.25) is 4.79 Å². The molecule has 7 heteroatoms. The van der Waals surface area contributed by atoms with Gasteiger partial charge in [0, 0.05) is 38.4 Å². The fourth-order valence-electron chi connectivity index (χ4n) is 3.32. The molecule has 1 saturated heterocycles. The van der Waals surface area contributed by atoms with E-state index in [4.69, 9.17) is 0 Å². The molecule has 1 fully saturated rings. The summed E-state index contributed by atoms with van der Waals surface area (Å²) in [6.07, 6.45) is 0. The van der Waals surface area contributed by atoms with Gasteiger partial charge in [0.2, 0.25) is 0 Å². The standard InChI is InChI=1S/C22H22FN5O/c23-18-8-6-17(7-9-18)16-24-22(29)20-10-11-21(26-25-20)28-14-12-27(13-15-28)19-4-2-1-3-5-19/h1-11H,12-16H2,(H,24,29). The van der Waals surface area contributed by atoms with Gasteiger partial charge in [-0.2, -0.15) is 0 Å². The molecular weight excluding hydrogens is 369 g/mol.